The van der Waals surface area contributed by atoms with Crippen LogP contribution in [0.15, 0.2) is 0 Å². The molecule has 0 aliphatic heterocycles. The van der Waals surface area contributed by atoms with Crippen molar-refractivity contribution < 1.29 is 47.8 Å². The van der Waals surface area contributed by atoms with Crippen molar-refractivity contribution in [3.8, 4) is 0 Å². The lowest BCUT2D eigenvalue weighted by Crippen LogP contribution is -2.46. The number of amides is 1. The topological polar surface area (TPSA) is 161 Å². The molecule has 1 amide bonds. The van der Waals surface area contributed by atoms with Crippen molar-refractivity contribution in [3.63, 3.8) is 0 Å². The zero-order chi connectivity index (χ0) is 19.0. The van der Waals surface area contributed by atoms with Gasteiger partial charge in [0.1, 0.15) is 11.7 Å². The monoisotopic (exact) mass is 373 g/mol. The van der Waals surface area contributed by atoms with Crippen LogP contribution in [-0.4, -0.2) is 71.8 Å². The number of alkyl carbamates (subject to hydrolysis) is 1. The third-order valence-electron chi connectivity index (χ3n) is 2.22. The molecule has 0 saturated carbocycles. The third kappa shape index (κ3) is 10.5. The number of ether oxygens (including phenoxy) is 2. The Labute approximate surface area is 139 Å². The quantitative estimate of drug-likeness (QED) is 0.307. The maximum Gasteiger partial charge on any atom is 0.472 e. The molecule has 11 nitrogen and oxygen atoms in total. The first-order valence-electron chi connectivity index (χ1n) is 6.88. The highest BCUT2D eigenvalue weighted by molar-refractivity contribution is 7.47. The van der Waals surface area contributed by atoms with Crippen LogP contribution in [0.4, 0.5) is 4.79 Å². The van der Waals surface area contributed by atoms with Crippen molar-refractivity contribution in [3.05, 3.63) is 0 Å². The molecule has 0 aliphatic carbocycles. The normalized spacial score (nSPS) is 16.6. The number of aliphatic hydroxyl groups excluding tert-OH is 2. The zero-order valence-corrected chi connectivity index (χ0v) is 14.8. The minimum Gasteiger partial charge on any atom is -0.467 e. The number of aliphatic hydroxyl groups is 2. The van der Waals surface area contributed by atoms with Crippen LogP contribution >= 0.6 is 7.82 Å². The van der Waals surface area contributed by atoms with Crippen LogP contribution < -0.4 is 5.32 Å². The Bertz CT molecular complexity index is 463. The van der Waals surface area contributed by atoms with Crippen LogP contribution in [0.3, 0.4) is 0 Å². The maximum atomic E-state index is 11.6. The van der Waals surface area contributed by atoms with Crippen LogP contribution in [0.2, 0.25) is 0 Å². The minimum absolute atomic E-state index is 0.660. The van der Waals surface area contributed by atoms with Gasteiger partial charge in [-0.25, -0.2) is 14.2 Å². The van der Waals surface area contributed by atoms with Crippen molar-refractivity contribution in [1.82, 2.24) is 5.32 Å². The zero-order valence-electron chi connectivity index (χ0n) is 13.9. The summed E-state index contributed by atoms with van der Waals surface area (Å²) in [7, 11) is -3.56. The summed E-state index contributed by atoms with van der Waals surface area (Å²) in [5.41, 5.74) is -0.818. The first-order chi connectivity index (χ1) is 10.9. The predicted octanol–water partition coefficient (Wildman–Crippen LogP) is -0.461. The van der Waals surface area contributed by atoms with E-state index in [4.69, 9.17) is 14.9 Å². The number of carbonyl (C=O) groups is 2. The summed E-state index contributed by atoms with van der Waals surface area (Å²) in [6.07, 6.45) is -2.32. The Morgan fingerprint density at radius 3 is 2.21 bits per heavy atom. The average Bonchev–Trinajstić information content (AvgIpc) is 2.46. The van der Waals surface area contributed by atoms with Gasteiger partial charge >= 0.3 is 19.9 Å². The van der Waals surface area contributed by atoms with E-state index in [0.717, 1.165) is 7.11 Å². The summed E-state index contributed by atoms with van der Waals surface area (Å²) in [4.78, 5) is 32.6. The summed E-state index contributed by atoms with van der Waals surface area (Å²) < 4.78 is 30.0. The molecule has 0 saturated heterocycles. The van der Waals surface area contributed by atoms with Gasteiger partial charge in [0.15, 0.2) is 6.04 Å². The Balaban J connectivity index is 4.66. The lowest BCUT2D eigenvalue weighted by Gasteiger charge is -2.23. The minimum atomic E-state index is -4.62. The van der Waals surface area contributed by atoms with Gasteiger partial charge in [0.2, 0.25) is 0 Å². The van der Waals surface area contributed by atoms with Crippen molar-refractivity contribution in [2.24, 2.45) is 0 Å². The standard InChI is InChI=1S/C12H24NO10P/c1-12(2,3)23-11(17)13-9(10(16)20-4)7-22-24(18,19)21-6-8(15)5-14/h8-9,14-15H,5-7H2,1-4H3,(H,13,17)(H,18,19). The van der Waals surface area contributed by atoms with Crippen LogP contribution in [-0.2, 0) is 27.9 Å². The van der Waals surface area contributed by atoms with Gasteiger partial charge < -0.3 is 29.9 Å². The molecule has 0 heterocycles. The number of hydrogen-bond donors (Lipinski definition) is 4. The third-order valence-corrected chi connectivity index (χ3v) is 3.17. The highest BCUT2D eigenvalue weighted by atomic mass is 31.2. The fourth-order valence-corrected chi connectivity index (χ4v) is 1.97. The Morgan fingerprint density at radius 1 is 1.21 bits per heavy atom. The fraction of sp³-hybridized carbons (Fsp3) is 0.833. The molecule has 4 N–H and O–H groups in total. The van der Waals surface area contributed by atoms with E-state index in [9.17, 15) is 19.0 Å². The van der Waals surface area contributed by atoms with Crippen molar-refractivity contribution >= 4 is 19.9 Å². The highest BCUT2D eigenvalue weighted by Gasteiger charge is 2.30. The van der Waals surface area contributed by atoms with Gasteiger partial charge in [-0.1, -0.05) is 0 Å². The van der Waals surface area contributed by atoms with Gasteiger partial charge in [0.05, 0.1) is 26.9 Å². The Hall–Kier alpha value is -1.23. The molecule has 0 aliphatic rings. The molecule has 3 unspecified atom stereocenters. The molecule has 12 heteroatoms. The van der Waals surface area contributed by atoms with E-state index in [0.29, 0.717) is 0 Å². The predicted molar refractivity (Wildman–Crippen MR) is 80.0 cm³/mol. The van der Waals surface area contributed by atoms with Gasteiger partial charge in [-0.05, 0) is 20.8 Å². The highest BCUT2D eigenvalue weighted by Crippen LogP contribution is 2.43. The van der Waals surface area contributed by atoms with Gasteiger partial charge in [0.25, 0.3) is 0 Å². The number of esters is 1. The van der Waals surface area contributed by atoms with E-state index in [1.165, 1.54) is 0 Å². The molecule has 0 radical (unpaired) electrons. The fourth-order valence-electron chi connectivity index (χ4n) is 1.20. The molecule has 0 spiro atoms. The molecule has 0 aromatic rings. The largest absolute Gasteiger partial charge is 0.472 e. The van der Waals surface area contributed by atoms with E-state index < -0.39 is 57.5 Å². The van der Waals surface area contributed by atoms with Crippen molar-refractivity contribution in [2.45, 2.75) is 38.5 Å². The number of nitrogens with one attached hydrogen (secondary N) is 1. The second kappa shape index (κ2) is 9.92. The molecule has 0 aromatic carbocycles. The number of methoxy groups -OCH3 is 1. The second-order valence-electron chi connectivity index (χ2n) is 5.62. The molecule has 24 heavy (non-hydrogen) atoms. The SMILES string of the molecule is COC(=O)C(COP(=O)(O)OCC(O)CO)NC(=O)OC(C)(C)C. The molecule has 0 bridgehead atoms. The van der Waals surface area contributed by atoms with E-state index >= 15 is 0 Å². The Kier molecular flexibility index (Phi) is 9.41. The number of phosphoric ester groups is 1. The van der Waals surface area contributed by atoms with Crippen LogP contribution in [0.5, 0.6) is 0 Å². The molecule has 3 atom stereocenters. The molecule has 0 fully saturated rings. The maximum absolute atomic E-state index is 11.6. The second-order valence-corrected chi connectivity index (χ2v) is 7.07. The van der Waals surface area contributed by atoms with Gasteiger partial charge in [-0.3, -0.25) is 9.05 Å². The summed E-state index contributed by atoms with van der Waals surface area (Å²) in [6.45, 7) is 2.75. The number of hydrogen-bond acceptors (Lipinski definition) is 9. The summed E-state index contributed by atoms with van der Waals surface area (Å²) in [5.74, 6) is -0.934. The lowest BCUT2D eigenvalue weighted by molar-refractivity contribution is -0.144. The lowest BCUT2D eigenvalue weighted by atomic mass is 10.2. The molecular weight excluding hydrogens is 349 g/mol. The molecule has 0 rings (SSSR count). The van der Waals surface area contributed by atoms with Gasteiger partial charge in [-0.2, -0.15) is 0 Å². The van der Waals surface area contributed by atoms with Gasteiger partial charge in [-0.15, -0.1) is 0 Å². The van der Waals surface area contributed by atoms with Crippen molar-refractivity contribution in [1.29, 1.82) is 0 Å². The van der Waals surface area contributed by atoms with Crippen LogP contribution in [0, 0.1) is 0 Å². The van der Waals surface area contributed by atoms with E-state index in [1.54, 1.807) is 20.8 Å². The van der Waals surface area contributed by atoms with E-state index in [2.05, 4.69) is 19.1 Å². The van der Waals surface area contributed by atoms with E-state index in [-0.39, 0.29) is 0 Å². The molecular formula is C12H24NO10P. The first-order valence-corrected chi connectivity index (χ1v) is 8.38. The number of rotatable bonds is 9. The summed E-state index contributed by atoms with van der Waals surface area (Å²) >= 11 is 0. The summed E-state index contributed by atoms with van der Waals surface area (Å²) in [5, 5.41) is 19.8. The van der Waals surface area contributed by atoms with Crippen LogP contribution in [0.1, 0.15) is 20.8 Å². The Morgan fingerprint density at radius 2 is 1.75 bits per heavy atom. The average molecular weight is 373 g/mol. The molecule has 142 valence electrons. The van der Waals surface area contributed by atoms with Gasteiger partial charge in [0, 0.05) is 0 Å². The summed E-state index contributed by atoms with van der Waals surface area (Å²) in [6, 6.07) is -1.42. The van der Waals surface area contributed by atoms with E-state index in [1.807, 2.05) is 0 Å². The van der Waals surface area contributed by atoms with Crippen LogP contribution in [0.25, 0.3) is 0 Å². The van der Waals surface area contributed by atoms with Crippen molar-refractivity contribution in [2.75, 3.05) is 26.9 Å². The smallest absolute Gasteiger partial charge is 0.467 e. The molecule has 0 aromatic heterocycles. The number of carbonyl (C=O) groups excluding carboxylic acids is 2. The first kappa shape index (κ1) is 22.8. The number of phosphoric acid groups is 1.